The summed E-state index contributed by atoms with van der Waals surface area (Å²) in [4.78, 5) is 10.9. The molecule has 0 aliphatic heterocycles. The smallest absolute Gasteiger partial charge is 0.323 e. The fraction of sp³-hybridized carbons (Fsp3) is 0.857. The fourth-order valence-corrected chi connectivity index (χ4v) is 0.815. The molecule has 0 unspecified atom stereocenters. The maximum Gasteiger partial charge on any atom is 0.323 e. The van der Waals surface area contributed by atoms with E-state index in [0.717, 1.165) is 0 Å². The maximum atomic E-state index is 10.9. The van der Waals surface area contributed by atoms with Crippen molar-refractivity contribution in [1.29, 1.82) is 0 Å². The third-order valence-corrected chi connectivity index (χ3v) is 2.05. The molecule has 4 heteroatoms. The molecule has 1 aliphatic carbocycles. The second-order valence-electron chi connectivity index (χ2n) is 2.86. The molecular formula is C7H13NO2S. The number of hydrogen-bond donors (Lipinski definition) is 2. The second-order valence-corrected chi connectivity index (χ2v) is 3.23. The van der Waals surface area contributed by atoms with Crippen LogP contribution in [0.1, 0.15) is 12.8 Å². The van der Waals surface area contributed by atoms with Gasteiger partial charge in [0.25, 0.3) is 0 Å². The molecule has 1 saturated carbocycles. The van der Waals surface area contributed by atoms with Crippen molar-refractivity contribution in [2.75, 3.05) is 12.4 Å². The lowest BCUT2D eigenvalue weighted by Gasteiger charge is -2.07. The largest absolute Gasteiger partial charge is 0.464 e. The Kier molecular flexibility index (Phi) is 3.20. The summed E-state index contributed by atoms with van der Waals surface area (Å²) in [5, 5.41) is 0. The second kappa shape index (κ2) is 3.97. The minimum atomic E-state index is -0.558. The molecule has 0 radical (unpaired) electrons. The van der Waals surface area contributed by atoms with Crippen molar-refractivity contribution in [2.45, 2.75) is 18.9 Å². The van der Waals surface area contributed by atoms with Gasteiger partial charge in [-0.1, -0.05) is 0 Å². The molecule has 2 N–H and O–H groups in total. The monoisotopic (exact) mass is 175 g/mol. The summed E-state index contributed by atoms with van der Waals surface area (Å²) in [5.41, 5.74) is 5.37. The van der Waals surface area contributed by atoms with E-state index in [1.807, 2.05) is 0 Å². The van der Waals surface area contributed by atoms with Crippen LogP contribution in [0.4, 0.5) is 0 Å². The zero-order valence-electron chi connectivity index (χ0n) is 6.32. The van der Waals surface area contributed by atoms with E-state index in [-0.39, 0.29) is 5.97 Å². The van der Waals surface area contributed by atoms with E-state index in [9.17, 15) is 4.79 Å². The zero-order valence-corrected chi connectivity index (χ0v) is 7.22. The molecule has 11 heavy (non-hydrogen) atoms. The van der Waals surface area contributed by atoms with E-state index in [4.69, 9.17) is 10.5 Å². The van der Waals surface area contributed by atoms with Crippen molar-refractivity contribution in [3.63, 3.8) is 0 Å². The van der Waals surface area contributed by atoms with Gasteiger partial charge in [0, 0.05) is 5.75 Å². The molecule has 3 nitrogen and oxygen atoms in total. The van der Waals surface area contributed by atoms with Crippen LogP contribution in [0.15, 0.2) is 0 Å². The number of nitrogens with two attached hydrogens (primary N) is 1. The van der Waals surface area contributed by atoms with Gasteiger partial charge in [0.15, 0.2) is 0 Å². The quantitative estimate of drug-likeness (QED) is 0.474. The molecule has 1 aliphatic rings. The van der Waals surface area contributed by atoms with E-state index in [1.54, 1.807) is 0 Å². The molecule has 1 atom stereocenters. The molecule has 0 aromatic carbocycles. The normalized spacial score (nSPS) is 19.5. The molecule has 0 aromatic rings. The van der Waals surface area contributed by atoms with Crippen molar-refractivity contribution < 1.29 is 9.53 Å². The highest BCUT2D eigenvalue weighted by molar-refractivity contribution is 7.80. The van der Waals surface area contributed by atoms with Crippen molar-refractivity contribution in [2.24, 2.45) is 11.7 Å². The van der Waals surface area contributed by atoms with E-state index >= 15 is 0 Å². The SMILES string of the molecule is N[C@H](CS)C(=O)OCC1CC1. The van der Waals surface area contributed by atoms with Crippen molar-refractivity contribution in [3.8, 4) is 0 Å². The summed E-state index contributed by atoms with van der Waals surface area (Å²) in [6, 6.07) is -0.558. The van der Waals surface area contributed by atoms with Crippen molar-refractivity contribution in [1.82, 2.24) is 0 Å². The Morgan fingerprint density at radius 3 is 2.82 bits per heavy atom. The third-order valence-electron chi connectivity index (χ3n) is 1.66. The van der Waals surface area contributed by atoms with Gasteiger partial charge in [0.1, 0.15) is 6.04 Å². The zero-order chi connectivity index (χ0) is 8.27. The van der Waals surface area contributed by atoms with Gasteiger partial charge in [-0.05, 0) is 18.8 Å². The predicted octanol–water partition coefficient (Wildman–Crippen LogP) is 0.197. The first-order valence-electron chi connectivity index (χ1n) is 3.77. The number of rotatable bonds is 4. The molecule has 0 amide bonds. The van der Waals surface area contributed by atoms with Gasteiger partial charge in [-0.15, -0.1) is 0 Å². The van der Waals surface area contributed by atoms with E-state index in [0.29, 0.717) is 18.3 Å². The van der Waals surface area contributed by atoms with Crippen LogP contribution < -0.4 is 5.73 Å². The molecule has 0 bridgehead atoms. The molecule has 0 heterocycles. The Morgan fingerprint density at radius 1 is 1.73 bits per heavy atom. The summed E-state index contributed by atoms with van der Waals surface area (Å²) in [7, 11) is 0. The molecule has 0 aromatic heterocycles. The summed E-state index contributed by atoms with van der Waals surface area (Å²) < 4.78 is 4.91. The summed E-state index contributed by atoms with van der Waals surface area (Å²) in [6.07, 6.45) is 2.37. The van der Waals surface area contributed by atoms with Crippen LogP contribution in [0.3, 0.4) is 0 Å². The van der Waals surface area contributed by atoms with E-state index < -0.39 is 6.04 Å². The molecule has 1 rings (SSSR count). The van der Waals surface area contributed by atoms with E-state index in [1.165, 1.54) is 12.8 Å². The van der Waals surface area contributed by atoms with Crippen LogP contribution in [0.25, 0.3) is 0 Å². The highest BCUT2D eigenvalue weighted by Crippen LogP contribution is 2.28. The Bertz CT molecular complexity index is 147. The van der Waals surface area contributed by atoms with Crippen molar-refractivity contribution >= 4 is 18.6 Å². The first-order valence-corrected chi connectivity index (χ1v) is 4.40. The molecule has 64 valence electrons. The summed E-state index contributed by atoms with van der Waals surface area (Å²) in [6.45, 7) is 0.542. The lowest BCUT2D eigenvalue weighted by atomic mass is 10.4. The third kappa shape index (κ3) is 3.12. The van der Waals surface area contributed by atoms with Crippen LogP contribution >= 0.6 is 12.6 Å². The van der Waals surface area contributed by atoms with Crippen LogP contribution in [0, 0.1) is 5.92 Å². The number of ether oxygens (including phenoxy) is 1. The van der Waals surface area contributed by atoms with Crippen LogP contribution in [0.2, 0.25) is 0 Å². The average Bonchev–Trinajstić information content (AvgIpc) is 2.81. The lowest BCUT2D eigenvalue weighted by molar-refractivity contribution is -0.145. The highest BCUT2D eigenvalue weighted by Gasteiger charge is 2.24. The maximum absolute atomic E-state index is 10.9. The van der Waals surface area contributed by atoms with Gasteiger partial charge in [-0.2, -0.15) is 12.6 Å². The number of hydrogen-bond acceptors (Lipinski definition) is 4. The van der Waals surface area contributed by atoms with Gasteiger partial charge < -0.3 is 10.5 Å². The van der Waals surface area contributed by atoms with Gasteiger partial charge in [0.2, 0.25) is 0 Å². The topological polar surface area (TPSA) is 52.3 Å². The number of esters is 1. The van der Waals surface area contributed by atoms with Gasteiger partial charge in [-0.3, -0.25) is 4.79 Å². The predicted molar refractivity (Wildman–Crippen MR) is 45.5 cm³/mol. The minimum absolute atomic E-state index is 0.327. The number of thiol groups is 1. The number of carbonyl (C=O) groups excluding carboxylic acids is 1. The standard InChI is InChI=1S/C7H13NO2S/c8-6(4-11)7(9)10-3-5-1-2-5/h5-6,11H,1-4,8H2/t6-/m1/s1. The summed E-state index contributed by atoms with van der Waals surface area (Å²) in [5.74, 6) is 0.627. The Morgan fingerprint density at radius 2 is 2.36 bits per heavy atom. The van der Waals surface area contributed by atoms with Gasteiger partial charge in [-0.25, -0.2) is 0 Å². The average molecular weight is 175 g/mol. The Labute approximate surface area is 71.7 Å². The Balaban J connectivity index is 2.08. The van der Waals surface area contributed by atoms with Crippen molar-refractivity contribution in [3.05, 3.63) is 0 Å². The van der Waals surface area contributed by atoms with Crippen LogP contribution in [0.5, 0.6) is 0 Å². The molecular weight excluding hydrogens is 162 g/mol. The van der Waals surface area contributed by atoms with Crippen LogP contribution in [-0.2, 0) is 9.53 Å². The first-order chi connectivity index (χ1) is 5.24. The Hall–Kier alpha value is -0.220. The van der Waals surface area contributed by atoms with Gasteiger partial charge >= 0.3 is 5.97 Å². The highest BCUT2D eigenvalue weighted by atomic mass is 32.1. The van der Waals surface area contributed by atoms with E-state index in [2.05, 4.69) is 12.6 Å². The lowest BCUT2D eigenvalue weighted by Crippen LogP contribution is -2.34. The summed E-state index contributed by atoms with van der Waals surface area (Å²) >= 11 is 3.89. The fourth-order valence-electron chi connectivity index (χ4n) is 0.666. The first kappa shape index (κ1) is 8.87. The molecule has 0 spiro atoms. The molecule has 1 fully saturated rings. The molecule has 0 saturated heterocycles. The minimum Gasteiger partial charge on any atom is -0.464 e. The van der Waals surface area contributed by atoms with Gasteiger partial charge in [0.05, 0.1) is 6.61 Å². The number of carbonyl (C=O) groups is 1. The van der Waals surface area contributed by atoms with Crippen LogP contribution in [-0.4, -0.2) is 24.4 Å².